The van der Waals surface area contributed by atoms with Gasteiger partial charge in [-0.15, -0.1) is 5.10 Å². The van der Waals surface area contributed by atoms with Crippen molar-refractivity contribution >= 4 is 0 Å². The van der Waals surface area contributed by atoms with E-state index in [1.807, 2.05) is 30.2 Å². The highest BCUT2D eigenvalue weighted by Crippen LogP contribution is 2.39. The van der Waals surface area contributed by atoms with E-state index in [-0.39, 0.29) is 5.60 Å². The molecule has 4 rings (SSSR count). The van der Waals surface area contributed by atoms with Crippen LogP contribution in [0.3, 0.4) is 0 Å². The van der Waals surface area contributed by atoms with E-state index in [1.165, 1.54) is 11.3 Å². The average Bonchev–Trinajstić information content (AvgIpc) is 3.26. The summed E-state index contributed by atoms with van der Waals surface area (Å²) >= 11 is 0. The normalized spacial score (nSPS) is 19.3. The number of aromatic nitrogens is 5. The van der Waals surface area contributed by atoms with Gasteiger partial charge in [0.15, 0.2) is 0 Å². The molecule has 0 unspecified atom stereocenters. The second-order valence-electron chi connectivity index (χ2n) is 7.96. The molecule has 3 aromatic rings. The third-order valence-corrected chi connectivity index (χ3v) is 5.23. The summed E-state index contributed by atoms with van der Waals surface area (Å²) in [4.78, 5) is 4.80. The number of nitrogens with zero attached hydrogens (tertiary/aromatic N) is 5. The van der Waals surface area contributed by atoms with Crippen molar-refractivity contribution in [2.45, 2.75) is 58.2 Å². The van der Waals surface area contributed by atoms with Crippen LogP contribution < -0.4 is 0 Å². The fraction of sp³-hybridized carbons (Fsp3) is 0.476. The molecule has 1 saturated heterocycles. The zero-order valence-electron chi connectivity index (χ0n) is 16.3. The maximum atomic E-state index is 5.96. The Hall–Kier alpha value is -2.47. The fourth-order valence-corrected chi connectivity index (χ4v) is 4.00. The van der Waals surface area contributed by atoms with Crippen molar-refractivity contribution in [3.05, 3.63) is 54.2 Å². The molecule has 1 aliphatic rings. The number of hydrogen-bond donors (Lipinski definition) is 0. The average molecular weight is 365 g/mol. The third-order valence-electron chi connectivity index (χ3n) is 5.23. The molecule has 1 aliphatic heterocycles. The Balaban J connectivity index is 1.67. The Labute approximate surface area is 160 Å². The number of rotatable bonds is 5. The van der Waals surface area contributed by atoms with Crippen LogP contribution in [0.1, 0.15) is 44.0 Å². The minimum absolute atomic E-state index is 0.102. The number of imidazole rings is 1. The lowest BCUT2D eigenvalue weighted by atomic mass is 9.84. The molecule has 0 spiro atoms. The van der Waals surface area contributed by atoms with Gasteiger partial charge in [0.2, 0.25) is 0 Å². The second-order valence-corrected chi connectivity index (χ2v) is 7.96. The van der Waals surface area contributed by atoms with Crippen molar-refractivity contribution < 1.29 is 4.74 Å². The van der Waals surface area contributed by atoms with Gasteiger partial charge in [-0.1, -0.05) is 35.5 Å². The number of hydrogen-bond acceptors (Lipinski definition) is 4. The molecule has 2 aromatic heterocycles. The molecular weight excluding hydrogens is 338 g/mol. The van der Waals surface area contributed by atoms with Crippen LogP contribution in [0.5, 0.6) is 0 Å². The van der Waals surface area contributed by atoms with Gasteiger partial charge >= 0.3 is 0 Å². The van der Waals surface area contributed by atoms with Crippen LogP contribution >= 0.6 is 0 Å². The maximum Gasteiger partial charge on any atom is 0.0956 e. The van der Waals surface area contributed by atoms with Gasteiger partial charge in [-0.25, -0.2) is 4.98 Å². The lowest BCUT2D eigenvalue weighted by Gasteiger charge is -2.36. The highest BCUT2D eigenvalue weighted by molar-refractivity contribution is 5.62. The van der Waals surface area contributed by atoms with E-state index in [2.05, 4.69) is 53.0 Å². The second kappa shape index (κ2) is 7.27. The van der Waals surface area contributed by atoms with Crippen LogP contribution in [0.15, 0.2) is 42.9 Å². The minimum Gasteiger partial charge on any atom is -0.376 e. The quantitative estimate of drug-likeness (QED) is 0.690. The van der Waals surface area contributed by atoms with Gasteiger partial charge in [-0.2, -0.15) is 0 Å². The summed E-state index contributed by atoms with van der Waals surface area (Å²) in [7, 11) is 0. The van der Waals surface area contributed by atoms with E-state index in [9.17, 15) is 0 Å². The monoisotopic (exact) mass is 365 g/mol. The zero-order chi connectivity index (χ0) is 18.9. The Kier molecular flexibility index (Phi) is 4.83. The summed E-state index contributed by atoms with van der Waals surface area (Å²) in [6, 6.07) is 10.5. The van der Waals surface area contributed by atoms with Crippen LogP contribution in [-0.4, -0.2) is 36.8 Å². The van der Waals surface area contributed by atoms with Crippen LogP contribution in [0, 0.1) is 6.92 Å². The fourth-order valence-electron chi connectivity index (χ4n) is 4.00. The minimum atomic E-state index is -0.102. The molecule has 0 saturated carbocycles. The van der Waals surface area contributed by atoms with E-state index < -0.39 is 0 Å². The molecule has 0 bridgehead atoms. The summed E-state index contributed by atoms with van der Waals surface area (Å²) in [5, 5.41) is 8.26. The largest absolute Gasteiger partial charge is 0.376 e. The molecular formula is C21H27N5O. The summed E-state index contributed by atoms with van der Waals surface area (Å²) < 4.78 is 10.2. The molecule has 6 heteroatoms. The van der Waals surface area contributed by atoms with E-state index >= 15 is 0 Å². The van der Waals surface area contributed by atoms with E-state index in [1.54, 1.807) is 0 Å². The molecule has 0 amide bonds. The SMILES string of the molecule is Cc1cn(CCn2cnc(-c3ccccc3)c2[C@H]2CCOC(C)(C)C2)nn1. The summed E-state index contributed by atoms with van der Waals surface area (Å²) in [5.74, 6) is 0.434. The lowest BCUT2D eigenvalue weighted by Crippen LogP contribution is -2.34. The van der Waals surface area contributed by atoms with Crippen LogP contribution in [0.4, 0.5) is 0 Å². The van der Waals surface area contributed by atoms with Gasteiger partial charge in [0.1, 0.15) is 0 Å². The van der Waals surface area contributed by atoms with Gasteiger partial charge < -0.3 is 9.30 Å². The van der Waals surface area contributed by atoms with Crippen molar-refractivity contribution in [3.63, 3.8) is 0 Å². The van der Waals surface area contributed by atoms with E-state index in [4.69, 9.17) is 9.72 Å². The van der Waals surface area contributed by atoms with E-state index in [0.29, 0.717) is 5.92 Å². The molecule has 142 valence electrons. The molecule has 1 fully saturated rings. The molecule has 0 aliphatic carbocycles. The maximum absolute atomic E-state index is 5.96. The summed E-state index contributed by atoms with van der Waals surface area (Å²) in [6.45, 7) is 8.73. The number of ether oxygens (including phenoxy) is 1. The van der Waals surface area contributed by atoms with Gasteiger partial charge in [0, 0.05) is 36.5 Å². The van der Waals surface area contributed by atoms with Crippen molar-refractivity contribution in [2.24, 2.45) is 0 Å². The van der Waals surface area contributed by atoms with Gasteiger partial charge in [0.05, 0.1) is 29.9 Å². The first kappa shape index (κ1) is 17.9. The zero-order valence-corrected chi connectivity index (χ0v) is 16.3. The lowest BCUT2D eigenvalue weighted by molar-refractivity contribution is -0.0600. The highest BCUT2D eigenvalue weighted by Gasteiger charge is 2.33. The van der Waals surface area contributed by atoms with Gasteiger partial charge in [-0.3, -0.25) is 4.68 Å². The van der Waals surface area contributed by atoms with E-state index in [0.717, 1.165) is 43.9 Å². The molecule has 0 N–H and O–H groups in total. The van der Waals surface area contributed by atoms with Crippen LogP contribution in [0.25, 0.3) is 11.3 Å². The topological polar surface area (TPSA) is 57.8 Å². The van der Waals surface area contributed by atoms with Crippen LogP contribution in [0.2, 0.25) is 0 Å². The third kappa shape index (κ3) is 3.95. The predicted octanol–water partition coefficient (Wildman–Crippen LogP) is 3.82. The standard InChI is InChI=1S/C21H27N5O/c1-16-14-26(24-23-16)11-10-25-15-22-19(17-7-5-4-6-8-17)20(25)18-9-12-27-21(2,3)13-18/h4-8,14-15,18H,9-13H2,1-3H3/t18-/m0/s1. The first-order valence-electron chi connectivity index (χ1n) is 9.63. The first-order valence-corrected chi connectivity index (χ1v) is 9.63. The number of benzene rings is 1. The predicted molar refractivity (Wildman–Crippen MR) is 104 cm³/mol. The molecule has 27 heavy (non-hydrogen) atoms. The van der Waals surface area contributed by atoms with Crippen LogP contribution in [-0.2, 0) is 17.8 Å². The van der Waals surface area contributed by atoms with Gasteiger partial charge in [0.25, 0.3) is 0 Å². The Morgan fingerprint density at radius 3 is 2.70 bits per heavy atom. The molecule has 1 atom stereocenters. The Morgan fingerprint density at radius 1 is 1.19 bits per heavy atom. The van der Waals surface area contributed by atoms with Crippen molar-refractivity contribution in [2.75, 3.05) is 6.61 Å². The molecule has 1 aromatic carbocycles. The summed E-state index contributed by atoms with van der Waals surface area (Å²) in [5.41, 5.74) is 4.42. The van der Waals surface area contributed by atoms with Crippen molar-refractivity contribution in [1.29, 1.82) is 0 Å². The molecule has 6 nitrogen and oxygen atoms in total. The first-order chi connectivity index (χ1) is 13.0. The van der Waals surface area contributed by atoms with Crippen molar-refractivity contribution in [3.8, 4) is 11.3 Å². The molecule has 3 heterocycles. The smallest absolute Gasteiger partial charge is 0.0956 e. The summed E-state index contributed by atoms with van der Waals surface area (Å²) in [6.07, 6.45) is 5.98. The van der Waals surface area contributed by atoms with Crippen molar-refractivity contribution in [1.82, 2.24) is 24.5 Å². The number of aryl methyl sites for hydroxylation is 3. The highest BCUT2D eigenvalue weighted by atomic mass is 16.5. The Morgan fingerprint density at radius 2 is 2.00 bits per heavy atom. The Bertz CT molecular complexity index is 896. The van der Waals surface area contributed by atoms with Gasteiger partial charge in [-0.05, 0) is 33.6 Å². The molecule has 0 radical (unpaired) electrons.